The summed E-state index contributed by atoms with van der Waals surface area (Å²) < 4.78 is 13.3. The molecule has 2 aromatic heterocycles. The van der Waals surface area contributed by atoms with Crippen molar-refractivity contribution in [3.8, 4) is 0 Å². The molecule has 0 bridgehead atoms. The maximum absolute atomic E-state index is 13.3. The Morgan fingerprint density at radius 3 is 2.41 bits per heavy atom. The number of carbonyl (C=O) groups is 1. The minimum absolute atomic E-state index is 0.123. The Morgan fingerprint density at radius 1 is 1.15 bits per heavy atom. The van der Waals surface area contributed by atoms with E-state index in [-0.39, 0.29) is 23.5 Å². The van der Waals surface area contributed by atoms with Gasteiger partial charge in [-0.1, -0.05) is 30.0 Å². The number of amides is 1. The van der Waals surface area contributed by atoms with Crippen LogP contribution in [0.3, 0.4) is 0 Å². The van der Waals surface area contributed by atoms with E-state index in [2.05, 4.69) is 15.3 Å². The van der Waals surface area contributed by atoms with Crippen LogP contribution in [0.25, 0.3) is 0 Å². The minimum Gasteiger partial charge on any atom is -0.344 e. The molecule has 3 rings (SSSR count). The van der Waals surface area contributed by atoms with Gasteiger partial charge in [-0.2, -0.15) is 0 Å². The van der Waals surface area contributed by atoms with E-state index in [0.29, 0.717) is 5.16 Å². The van der Waals surface area contributed by atoms with E-state index >= 15 is 0 Å². The van der Waals surface area contributed by atoms with Crippen molar-refractivity contribution >= 4 is 29.0 Å². The highest BCUT2D eigenvalue weighted by atomic mass is 32.2. The summed E-state index contributed by atoms with van der Waals surface area (Å²) in [6.45, 7) is 5.87. The fourth-order valence-corrected chi connectivity index (χ4v) is 4.12. The van der Waals surface area contributed by atoms with Gasteiger partial charge in [0.15, 0.2) is 5.16 Å². The molecule has 0 aliphatic carbocycles. The number of aryl methyl sites for hydroxylation is 2. The number of rotatable bonds is 6. The number of halogens is 1. The molecule has 0 saturated carbocycles. The van der Waals surface area contributed by atoms with Crippen LogP contribution < -0.4 is 5.32 Å². The van der Waals surface area contributed by atoms with Crippen molar-refractivity contribution < 1.29 is 9.18 Å². The number of aromatic nitrogens is 2. The standard InChI is InChI=1S/C20H20FN3OS2/c1-12-13(2)22-20(23-14(12)3)27-11-18(25)24-19(17-5-4-10-26-17)15-6-8-16(21)9-7-15/h4-10,19H,11H2,1-3H3,(H,24,25)/t19-/m1/s1. The molecular weight excluding hydrogens is 381 g/mol. The second-order valence-electron chi connectivity index (χ2n) is 6.16. The quantitative estimate of drug-likeness (QED) is 0.484. The van der Waals surface area contributed by atoms with E-state index in [1.54, 1.807) is 23.5 Å². The molecule has 7 heteroatoms. The zero-order valence-corrected chi connectivity index (χ0v) is 17.0. The van der Waals surface area contributed by atoms with Gasteiger partial charge in [0, 0.05) is 16.3 Å². The predicted molar refractivity (Wildman–Crippen MR) is 108 cm³/mol. The molecule has 1 N–H and O–H groups in total. The maximum Gasteiger partial charge on any atom is 0.231 e. The Bertz CT molecular complexity index is 904. The summed E-state index contributed by atoms with van der Waals surface area (Å²) >= 11 is 2.86. The average molecular weight is 402 g/mol. The van der Waals surface area contributed by atoms with Crippen molar-refractivity contribution in [2.75, 3.05) is 5.75 Å². The number of hydrogen-bond acceptors (Lipinski definition) is 5. The van der Waals surface area contributed by atoms with E-state index < -0.39 is 0 Å². The minimum atomic E-state index is -0.305. The molecule has 1 aromatic carbocycles. The first-order valence-electron chi connectivity index (χ1n) is 8.47. The van der Waals surface area contributed by atoms with E-state index in [9.17, 15) is 9.18 Å². The lowest BCUT2D eigenvalue weighted by Crippen LogP contribution is -2.30. The molecule has 27 heavy (non-hydrogen) atoms. The highest BCUT2D eigenvalue weighted by Gasteiger charge is 2.18. The van der Waals surface area contributed by atoms with Crippen molar-refractivity contribution in [3.63, 3.8) is 0 Å². The fraction of sp³-hybridized carbons (Fsp3) is 0.250. The molecule has 1 atom stereocenters. The van der Waals surface area contributed by atoms with Crippen LogP contribution in [0, 0.1) is 26.6 Å². The van der Waals surface area contributed by atoms with Crippen LogP contribution in [0.15, 0.2) is 46.9 Å². The van der Waals surface area contributed by atoms with Crippen LogP contribution >= 0.6 is 23.1 Å². The summed E-state index contributed by atoms with van der Waals surface area (Å²) in [6, 6.07) is 9.79. The molecular formula is C20H20FN3OS2. The monoisotopic (exact) mass is 401 g/mol. The lowest BCUT2D eigenvalue weighted by Gasteiger charge is -2.18. The highest BCUT2D eigenvalue weighted by Crippen LogP contribution is 2.26. The summed E-state index contributed by atoms with van der Waals surface area (Å²) in [5.41, 5.74) is 3.76. The van der Waals surface area contributed by atoms with Crippen molar-refractivity contribution in [2.45, 2.75) is 32.0 Å². The van der Waals surface area contributed by atoms with Crippen LogP contribution in [0.1, 0.15) is 33.4 Å². The van der Waals surface area contributed by atoms with E-state index in [0.717, 1.165) is 27.4 Å². The van der Waals surface area contributed by atoms with Gasteiger partial charge in [0.05, 0.1) is 11.8 Å². The van der Waals surface area contributed by atoms with Gasteiger partial charge in [-0.25, -0.2) is 14.4 Å². The molecule has 4 nitrogen and oxygen atoms in total. The Balaban J connectivity index is 1.71. The Hall–Kier alpha value is -2.25. The Kier molecular flexibility index (Phi) is 6.23. The molecule has 0 aliphatic rings. The molecule has 0 spiro atoms. The van der Waals surface area contributed by atoms with Gasteiger partial charge >= 0.3 is 0 Å². The first kappa shape index (κ1) is 19.5. The predicted octanol–water partition coefficient (Wildman–Crippen LogP) is 4.60. The first-order valence-corrected chi connectivity index (χ1v) is 10.3. The summed E-state index contributed by atoms with van der Waals surface area (Å²) in [4.78, 5) is 22.4. The van der Waals surface area contributed by atoms with Gasteiger partial charge in [-0.15, -0.1) is 11.3 Å². The van der Waals surface area contributed by atoms with Crippen molar-refractivity contribution in [1.29, 1.82) is 0 Å². The van der Waals surface area contributed by atoms with Gasteiger partial charge in [0.25, 0.3) is 0 Å². The normalized spacial score (nSPS) is 12.0. The number of thioether (sulfide) groups is 1. The zero-order chi connectivity index (χ0) is 19.4. The zero-order valence-electron chi connectivity index (χ0n) is 15.3. The third kappa shape index (κ3) is 4.93. The summed E-state index contributed by atoms with van der Waals surface area (Å²) in [6.07, 6.45) is 0. The molecule has 1 amide bonds. The topological polar surface area (TPSA) is 54.9 Å². The number of benzene rings is 1. The van der Waals surface area contributed by atoms with E-state index in [1.807, 2.05) is 38.3 Å². The van der Waals surface area contributed by atoms with Crippen LogP contribution in [0.2, 0.25) is 0 Å². The smallest absolute Gasteiger partial charge is 0.231 e. The van der Waals surface area contributed by atoms with Gasteiger partial charge in [-0.05, 0) is 55.5 Å². The van der Waals surface area contributed by atoms with Gasteiger partial charge < -0.3 is 5.32 Å². The summed E-state index contributed by atoms with van der Waals surface area (Å²) in [5.74, 6) is -0.208. The Morgan fingerprint density at radius 2 is 1.81 bits per heavy atom. The summed E-state index contributed by atoms with van der Waals surface area (Å²) in [7, 11) is 0. The van der Waals surface area contributed by atoms with Gasteiger partial charge in [-0.3, -0.25) is 4.79 Å². The van der Waals surface area contributed by atoms with E-state index in [1.165, 1.54) is 23.9 Å². The molecule has 2 heterocycles. The van der Waals surface area contributed by atoms with Crippen molar-refractivity contribution in [1.82, 2.24) is 15.3 Å². The van der Waals surface area contributed by atoms with Gasteiger partial charge in [0.1, 0.15) is 5.82 Å². The molecule has 0 aliphatic heterocycles. The molecule has 140 valence electrons. The number of hydrogen-bond donors (Lipinski definition) is 1. The van der Waals surface area contributed by atoms with E-state index in [4.69, 9.17) is 0 Å². The molecule has 0 radical (unpaired) electrons. The van der Waals surface area contributed by atoms with Crippen LogP contribution in [0.4, 0.5) is 4.39 Å². The first-order chi connectivity index (χ1) is 12.9. The van der Waals surface area contributed by atoms with Crippen molar-refractivity contribution in [2.24, 2.45) is 0 Å². The highest BCUT2D eigenvalue weighted by molar-refractivity contribution is 7.99. The van der Waals surface area contributed by atoms with Gasteiger partial charge in [0.2, 0.25) is 5.91 Å². The largest absolute Gasteiger partial charge is 0.344 e. The fourth-order valence-electron chi connectivity index (χ4n) is 2.57. The SMILES string of the molecule is Cc1nc(SCC(=O)N[C@H](c2ccc(F)cc2)c2cccs2)nc(C)c1C. The second kappa shape index (κ2) is 8.63. The number of nitrogens with one attached hydrogen (secondary N) is 1. The number of thiophene rings is 1. The summed E-state index contributed by atoms with van der Waals surface area (Å²) in [5, 5.41) is 5.59. The third-order valence-corrected chi connectivity index (χ3v) is 6.07. The lowest BCUT2D eigenvalue weighted by molar-refractivity contribution is -0.119. The Labute approximate surface area is 166 Å². The molecule has 3 aromatic rings. The average Bonchev–Trinajstić information content (AvgIpc) is 3.17. The lowest BCUT2D eigenvalue weighted by atomic mass is 10.1. The maximum atomic E-state index is 13.3. The van der Waals surface area contributed by atoms with Crippen molar-refractivity contribution in [3.05, 3.63) is 75.0 Å². The molecule has 0 fully saturated rings. The number of carbonyl (C=O) groups excluding carboxylic acids is 1. The second-order valence-corrected chi connectivity index (χ2v) is 8.08. The van der Waals surface area contributed by atoms with Crippen LogP contribution in [-0.4, -0.2) is 21.6 Å². The number of nitrogens with zero attached hydrogens (tertiary/aromatic N) is 2. The third-order valence-electron chi connectivity index (χ3n) is 4.28. The molecule has 0 saturated heterocycles. The molecule has 0 unspecified atom stereocenters. The van der Waals surface area contributed by atoms with Crippen LogP contribution in [-0.2, 0) is 4.79 Å². The van der Waals surface area contributed by atoms with Crippen LogP contribution in [0.5, 0.6) is 0 Å².